The second kappa shape index (κ2) is 8.92. The summed E-state index contributed by atoms with van der Waals surface area (Å²) in [5.74, 6) is 0.459. The van der Waals surface area contributed by atoms with E-state index >= 15 is 0 Å². The van der Waals surface area contributed by atoms with Crippen molar-refractivity contribution in [3.8, 4) is 5.69 Å². The summed E-state index contributed by atoms with van der Waals surface area (Å²) < 4.78 is 1.84. The Hall–Kier alpha value is -1.52. The predicted octanol–water partition coefficient (Wildman–Crippen LogP) is 5.64. The first-order chi connectivity index (χ1) is 12.3. The number of rotatable bonds is 7. The van der Waals surface area contributed by atoms with E-state index in [4.69, 9.17) is 28.3 Å². The van der Waals surface area contributed by atoms with Crippen LogP contribution in [-0.2, 0) is 6.42 Å². The molecule has 1 amide bonds. The summed E-state index contributed by atoms with van der Waals surface area (Å²) in [4.78, 5) is 12.9. The molecule has 0 aliphatic rings. The molecule has 2 aromatic rings. The summed E-state index contributed by atoms with van der Waals surface area (Å²) in [6, 6.07) is 5.41. The molecule has 26 heavy (non-hydrogen) atoms. The number of hydrogen-bond donors (Lipinski definition) is 1. The minimum atomic E-state index is -0.0582. The molecule has 1 aromatic carbocycles. The Bertz CT molecular complexity index is 782. The number of aryl methyl sites for hydroxylation is 1. The van der Waals surface area contributed by atoms with Crippen LogP contribution in [0.4, 0.5) is 0 Å². The molecule has 6 heteroatoms. The van der Waals surface area contributed by atoms with Crippen molar-refractivity contribution in [1.29, 1.82) is 0 Å². The van der Waals surface area contributed by atoms with Gasteiger partial charge in [-0.3, -0.25) is 4.79 Å². The predicted molar refractivity (Wildman–Crippen MR) is 109 cm³/mol. The number of benzene rings is 1. The van der Waals surface area contributed by atoms with Crippen LogP contribution < -0.4 is 5.32 Å². The zero-order valence-corrected chi connectivity index (χ0v) is 17.6. The molecule has 0 saturated heterocycles. The molecule has 0 unspecified atom stereocenters. The van der Waals surface area contributed by atoms with Gasteiger partial charge in [0.25, 0.3) is 5.91 Å². The zero-order chi connectivity index (χ0) is 19.4. The van der Waals surface area contributed by atoms with Crippen LogP contribution in [-0.4, -0.2) is 22.2 Å². The van der Waals surface area contributed by atoms with Crippen molar-refractivity contribution in [3.05, 3.63) is 45.2 Å². The Morgan fingerprint density at radius 3 is 2.42 bits per heavy atom. The van der Waals surface area contributed by atoms with Crippen molar-refractivity contribution in [3.63, 3.8) is 0 Å². The summed E-state index contributed by atoms with van der Waals surface area (Å²) in [6.45, 7) is 11.0. The molecule has 1 N–H and O–H groups in total. The molecule has 1 heterocycles. The van der Waals surface area contributed by atoms with Crippen LogP contribution in [0.1, 0.15) is 68.7 Å². The molecule has 4 nitrogen and oxygen atoms in total. The Morgan fingerprint density at radius 2 is 1.88 bits per heavy atom. The Labute approximate surface area is 165 Å². The van der Waals surface area contributed by atoms with Crippen LogP contribution in [0.5, 0.6) is 0 Å². The second-order valence-corrected chi connectivity index (χ2v) is 8.04. The van der Waals surface area contributed by atoms with Gasteiger partial charge >= 0.3 is 0 Å². The topological polar surface area (TPSA) is 46.9 Å². The van der Waals surface area contributed by atoms with E-state index in [2.05, 4.69) is 39.9 Å². The quantitative estimate of drug-likeness (QED) is 0.658. The van der Waals surface area contributed by atoms with Gasteiger partial charge in [0, 0.05) is 6.54 Å². The van der Waals surface area contributed by atoms with E-state index in [1.807, 2.05) is 10.7 Å². The Kier molecular flexibility index (Phi) is 7.13. The van der Waals surface area contributed by atoms with Gasteiger partial charge in [0.15, 0.2) is 0 Å². The summed E-state index contributed by atoms with van der Waals surface area (Å²) in [6.07, 6.45) is 1.67. The lowest BCUT2D eigenvalue weighted by atomic mass is 10.0. The molecule has 0 aliphatic carbocycles. The molecular weight excluding hydrogens is 369 g/mol. The van der Waals surface area contributed by atoms with Gasteiger partial charge in [0.1, 0.15) is 0 Å². The maximum absolute atomic E-state index is 12.9. The average Bonchev–Trinajstić information content (AvgIpc) is 2.95. The third kappa shape index (κ3) is 4.60. The van der Waals surface area contributed by atoms with Crippen molar-refractivity contribution in [2.24, 2.45) is 5.92 Å². The smallest absolute Gasteiger partial charge is 0.255 e. The van der Waals surface area contributed by atoms with Crippen LogP contribution in [0.3, 0.4) is 0 Å². The van der Waals surface area contributed by atoms with Crippen molar-refractivity contribution < 1.29 is 4.79 Å². The lowest BCUT2D eigenvalue weighted by Gasteiger charge is -2.14. The van der Waals surface area contributed by atoms with E-state index in [1.165, 1.54) is 0 Å². The van der Waals surface area contributed by atoms with Gasteiger partial charge in [-0.2, -0.15) is 5.10 Å². The molecule has 2 rings (SSSR count). The zero-order valence-electron chi connectivity index (χ0n) is 16.1. The molecule has 0 radical (unpaired) electrons. The molecule has 0 atom stereocenters. The molecule has 142 valence electrons. The fourth-order valence-electron chi connectivity index (χ4n) is 2.87. The van der Waals surface area contributed by atoms with Crippen molar-refractivity contribution in [1.82, 2.24) is 15.1 Å². The number of carbonyl (C=O) groups excluding carboxylic acids is 1. The molecular formula is C20H27Cl2N3O. The van der Waals surface area contributed by atoms with Gasteiger partial charge < -0.3 is 5.32 Å². The normalized spacial score (nSPS) is 11.4. The monoisotopic (exact) mass is 395 g/mol. The van der Waals surface area contributed by atoms with E-state index in [0.717, 1.165) is 29.9 Å². The number of hydrogen-bond acceptors (Lipinski definition) is 2. The van der Waals surface area contributed by atoms with Crippen LogP contribution in [0, 0.1) is 5.92 Å². The number of nitrogens with one attached hydrogen (secondary N) is 1. The molecule has 0 fully saturated rings. The molecule has 0 saturated carbocycles. The van der Waals surface area contributed by atoms with Gasteiger partial charge in [0.2, 0.25) is 0 Å². The third-order valence-corrected chi connectivity index (χ3v) is 4.81. The minimum absolute atomic E-state index is 0.0582. The Balaban J connectivity index is 2.60. The largest absolute Gasteiger partial charge is 0.352 e. The lowest BCUT2D eigenvalue weighted by molar-refractivity contribution is 0.0946. The molecule has 1 aromatic heterocycles. The molecule has 0 aliphatic heterocycles. The lowest BCUT2D eigenvalue weighted by Crippen LogP contribution is -2.29. The van der Waals surface area contributed by atoms with Crippen molar-refractivity contribution >= 4 is 29.1 Å². The summed E-state index contributed by atoms with van der Waals surface area (Å²) >= 11 is 12.3. The van der Waals surface area contributed by atoms with E-state index < -0.39 is 0 Å². The van der Waals surface area contributed by atoms with Crippen molar-refractivity contribution in [2.45, 2.75) is 53.4 Å². The first-order valence-electron chi connectivity index (χ1n) is 9.11. The molecule has 0 bridgehead atoms. The number of nitrogens with zero attached hydrogens (tertiary/aromatic N) is 2. The van der Waals surface area contributed by atoms with E-state index in [9.17, 15) is 4.79 Å². The standard InChI is InChI=1S/C20H27Cl2N3O/c1-6-7-17-18(20(26)23-11-12(2)3)19(13(4)5)25(24-17)14-8-9-15(21)16(22)10-14/h8-10,12-13H,6-7,11H2,1-5H3,(H,23,26). The minimum Gasteiger partial charge on any atom is -0.352 e. The number of carbonyl (C=O) groups is 1. The van der Waals surface area contributed by atoms with Crippen molar-refractivity contribution in [2.75, 3.05) is 6.54 Å². The van der Waals surface area contributed by atoms with Crippen LogP contribution in [0.2, 0.25) is 10.0 Å². The summed E-state index contributed by atoms with van der Waals surface area (Å²) in [5.41, 5.74) is 3.22. The SMILES string of the molecule is CCCc1nn(-c2ccc(Cl)c(Cl)c2)c(C(C)C)c1C(=O)NCC(C)C. The maximum atomic E-state index is 12.9. The highest BCUT2D eigenvalue weighted by Crippen LogP contribution is 2.30. The van der Waals surface area contributed by atoms with Crippen LogP contribution in [0.25, 0.3) is 5.69 Å². The third-order valence-electron chi connectivity index (χ3n) is 4.07. The number of aromatic nitrogens is 2. The highest BCUT2D eigenvalue weighted by molar-refractivity contribution is 6.42. The van der Waals surface area contributed by atoms with E-state index in [-0.39, 0.29) is 11.8 Å². The first-order valence-corrected chi connectivity index (χ1v) is 9.87. The van der Waals surface area contributed by atoms with Gasteiger partial charge in [-0.15, -0.1) is 0 Å². The summed E-state index contributed by atoms with van der Waals surface area (Å²) in [7, 11) is 0. The highest BCUT2D eigenvalue weighted by Gasteiger charge is 2.26. The highest BCUT2D eigenvalue weighted by atomic mass is 35.5. The summed E-state index contributed by atoms with van der Waals surface area (Å²) in [5, 5.41) is 8.77. The first kappa shape index (κ1) is 20.8. The van der Waals surface area contributed by atoms with Gasteiger partial charge in [0.05, 0.1) is 32.7 Å². The fourth-order valence-corrected chi connectivity index (χ4v) is 3.16. The van der Waals surface area contributed by atoms with E-state index in [0.29, 0.717) is 28.1 Å². The maximum Gasteiger partial charge on any atom is 0.255 e. The number of amides is 1. The Morgan fingerprint density at radius 1 is 1.19 bits per heavy atom. The van der Waals surface area contributed by atoms with E-state index in [1.54, 1.807) is 12.1 Å². The van der Waals surface area contributed by atoms with Gasteiger partial charge in [-0.05, 0) is 36.5 Å². The van der Waals surface area contributed by atoms with Crippen LogP contribution >= 0.6 is 23.2 Å². The van der Waals surface area contributed by atoms with Gasteiger partial charge in [-0.25, -0.2) is 4.68 Å². The van der Waals surface area contributed by atoms with Crippen LogP contribution in [0.15, 0.2) is 18.2 Å². The average molecular weight is 396 g/mol. The second-order valence-electron chi connectivity index (χ2n) is 7.23. The molecule has 0 spiro atoms. The van der Waals surface area contributed by atoms with Gasteiger partial charge in [-0.1, -0.05) is 64.2 Å². The number of halogens is 2. The fraction of sp³-hybridized carbons (Fsp3) is 0.500.